The molecule has 0 spiro atoms. The van der Waals surface area contributed by atoms with Crippen molar-refractivity contribution < 1.29 is 24.9 Å². The van der Waals surface area contributed by atoms with Gasteiger partial charge in [-0.05, 0) is 0 Å². The first-order valence-electron chi connectivity index (χ1n) is 3.74. The van der Waals surface area contributed by atoms with E-state index < -0.39 is 24.1 Å². The molecule has 1 aromatic rings. The van der Waals surface area contributed by atoms with E-state index in [9.17, 15) is 14.7 Å². The highest BCUT2D eigenvalue weighted by Gasteiger charge is 2.14. The van der Waals surface area contributed by atoms with Crippen LogP contribution in [0, 0.1) is 0 Å². The van der Waals surface area contributed by atoms with Gasteiger partial charge in [-0.15, -0.1) is 0 Å². The van der Waals surface area contributed by atoms with Gasteiger partial charge in [-0.1, -0.05) is 11.3 Å². The molecule has 0 aromatic carbocycles. The summed E-state index contributed by atoms with van der Waals surface area (Å²) < 4.78 is 1.12. The van der Waals surface area contributed by atoms with Crippen molar-refractivity contribution in [1.82, 2.24) is 9.30 Å². The lowest BCUT2D eigenvalue weighted by Crippen LogP contribution is -2.30. The monoisotopic (exact) mass is 216 g/mol. The summed E-state index contributed by atoms with van der Waals surface area (Å²) in [5.41, 5.74) is -0.878. The fraction of sp³-hybridized carbons (Fsp3) is 0.143. The summed E-state index contributed by atoms with van der Waals surface area (Å²) in [7, 11) is 0. The standard InChI is InChI=1S/C7H8N2O6/c1-2-14-15-9-3-5(10)8(7(9)13)4-6(11)12/h2-3,10H,1,4H2,(H,11,12). The van der Waals surface area contributed by atoms with Crippen LogP contribution >= 0.6 is 0 Å². The van der Waals surface area contributed by atoms with Gasteiger partial charge in [-0.25, -0.2) is 9.36 Å². The number of hydrogen-bond acceptors (Lipinski definition) is 5. The van der Waals surface area contributed by atoms with Crippen molar-refractivity contribution in [2.45, 2.75) is 6.54 Å². The minimum atomic E-state index is -1.27. The molecular formula is C7H8N2O6. The van der Waals surface area contributed by atoms with Gasteiger partial charge < -0.3 is 10.2 Å². The van der Waals surface area contributed by atoms with E-state index in [1.807, 2.05) is 0 Å². The fourth-order valence-electron chi connectivity index (χ4n) is 0.861. The zero-order valence-corrected chi connectivity index (χ0v) is 7.49. The van der Waals surface area contributed by atoms with Crippen LogP contribution in [0.2, 0.25) is 0 Å². The number of aliphatic carboxylic acids is 1. The van der Waals surface area contributed by atoms with Crippen LogP contribution in [0.1, 0.15) is 0 Å². The first-order valence-corrected chi connectivity index (χ1v) is 3.74. The minimum absolute atomic E-state index is 0.528. The Bertz CT molecular complexity index is 431. The van der Waals surface area contributed by atoms with Gasteiger partial charge in [0.1, 0.15) is 19.0 Å². The smallest absolute Gasteiger partial charge is 0.368 e. The molecule has 0 aliphatic carbocycles. The number of carboxylic acid groups (broad SMARTS) is 1. The maximum absolute atomic E-state index is 11.3. The van der Waals surface area contributed by atoms with Crippen molar-refractivity contribution in [3.63, 3.8) is 0 Å². The Morgan fingerprint density at radius 3 is 2.87 bits per heavy atom. The summed E-state index contributed by atoms with van der Waals surface area (Å²) in [6.45, 7) is 2.49. The first-order chi connectivity index (χ1) is 7.06. The van der Waals surface area contributed by atoms with E-state index in [2.05, 4.69) is 16.5 Å². The van der Waals surface area contributed by atoms with Crippen LogP contribution in [0.25, 0.3) is 0 Å². The van der Waals surface area contributed by atoms with E-state index in [1.54, 1.807) is 0 Å². The highest BCUT2D eigenvalue weighted by molar-refractivity contribution is 5.66. The molecule has 0 atom stereocenters. The summed E-state index contributed by atoms with van der Waals surface area (Å²) >= 11 is 0. The predicted molar refractivity (Wildman–Crippen MR) is 45.9 cm³/mol. The lowest BCUT2D eigenvalue weighted by molar-refractivity contribution is -0.251. The average molecular weight is 216 g/mol. The van der Waals surface area contributed by atoms with Crippen LogP contribution in [0.4, 0.5) is 0 Å². The molecule has 0 radical (unpaired) electrons. The lowest BCUT2D eigenvalue weighted by Gasteiger charge is -1.98. The number of carbonyl (C=O) groups is 1. The molecule has 0 unspecified atom stereocenters. The van der Waals surface area contributed by atoms with E-state index in [0.717, 1.165) is 12.5 Å². The second-order valence-electron chi connectivity index (χ2n) is 2.41. The molecule has 1 rings (SSSR count). The van der Waals surface area contributed by atoms with Gasteiger partial charge >= 0.3 is 11.7 Å². The maximum Gasteiger partial charge on any atom is 0.368 e. The Morgan fingerprint density at radius 2 is 2.33 bits per heavy atom. The lowest BCUT2D eigenvalue weighted by atomic mass is 10.6. The molecule has 1 heterocycles. The highest BCUT2D eigenvalue weighted by Crippen LogP contribution is 2.04. The molecule has 0 bridgehead atoms. The summed E-state index contributed by atoms with van der Waals surface area (Å²) in [4.78, 5) is 30.2. The minimum Gasteiger partial charge on any atom is -0.493 e. The van der Waals surface area contributed by atoms with Crippen molar-refractivity contribution in [3.05, 3.63) is 29.5 Å². The van der Waals surface area contributed by atoms with Crippen LogP contribution in [0.15, 0.2) is 23.8 Å². The van der Waals surface area contributed by atoms with Crippen LogP contribution in [0.3, 0.4) is 0 Å². The van der Waals surface area contributed by atoms with Gasteiger partial charge in [-0.3, -0.25) is 9.68 Å². The number of aromatic nitrogens is 2. The van der Waals surface area contributed by atoms with Crippen molar-refractivity contribution >= 4 is 5.97 Å². The van der Waals surface area contributed by atoms with Crippen LogP contribution < -0.4 is 10.7 Å². The first kappa shape index (κ1) is 10.7. The van der Waals surface area contributed by atoms with Gasteiger partial charge in [-0.2, -0.15) is 4.99 Å². The number of imidazole rings is 1. The second kappa shape index (κ2) is 4.22. The SMILES string of the molecule is C=COOn1cc(O)n(CC(=O)O)c1=O. The van der Waals surface area contributed by atoms with E-state index in [-0.39, 0.29) is 0 Å². The second-order valence-corrected chi connectivity index (χ2v) is 2.41. The number of aromatic hydroxyl groups is 1. The topological polar surface area (TPSA) is 103 Å². The highest BCUT2D eigenvalue weighted by atomic mass is 17.3. The summed E-state index contributed by atoms with van der Waals surface area (Å²) in [5, 5.41) is 17.6. The molecular weight excluding hydrogens is 208 g/mol. The van der Waals surface area contributed by atoms with Gasteiger partial charge in [0.25, 0.3) is 0 Å². The largest absolute Gasteiger partial charge is 0.493 e. The molecule has 0 saturated carbocycles. The number of rotatable bonds is 5. The molecule has 82 valence electrons. The number of nitrogens with zero attached hydrogens (tertiary/aromatic N) is 2. The Kier molecular flexibility index (Phi) is 3.01. The third-order valence-corrected chi connectivity index (χ3v) is 1.41. The predicted octanol–water partition coefficient (Wildman–Crippen LogP) is -1.06. The third kappa shape index (κ3) is 2.30. The zero-order chi connectivity index (χ0) is 11.4. The molecule has 0 aliphatic heterocycles. The van der Waals surface area contributed by atoms with Gasteiger partial charge in [0.15, 0.2) is 0 Å². The van der Waals surface area contributed by atoms with E-state index in [4.69, 9.17) is 5.11 Å². The van der Waals surface area contributed by atoms with Crippen LogP contribution in [-0.4, -0.2) is 25.5 Å². The summed E-state index contributed by atoms with van der Waals surface area (Å²) in [6, 6.07) is 0. The Labute approximate surface area is 83.1 Å². The van der Waals surface area contributed by atoms with Gasteiger partial charge in [0, 0.05) is 0 Å². The normalized spacial score (nSPS) is 9.60. The third-order valence-electron chi connectivity index (χ3n) is 1.41. The molecule has 0 amide bonds. The average Bonchev–Trinajstić information content (AvgIpc) is 2.42. The Balaban J connectivity index is 2.98. The van der Waals surface area contributed by atoms with E-state index >= 15 is 0 Å². The van der Waals surface area contributed by atoms with Crippen LogP contribution in [0.5, 0.6) is 5.88 Å². The van der Waals surface area contributed by atoms with Crippen molar-refractivity contribution in [3.8, 4) is 5.88 Å². The van der Waals surface area contributed by atoms with Crippen molar-refractivity contribution in [2.24, 2.45) is 0 Å². The van der Waals surface area contributed by atoms with Gasteiger partial charge in [0.05, 0.1) is 0 Å². The molecule has 0 aliphatic rings. The van der Waals surface area contributed by atoms with Crippen molar-refractivity contribution in [2.75, 3.05) is 0 Å². The zero-order valence-electron chi connectivity index (χ0n) is 7.49. The molecule has 0 saturated heterocycles. The molecule has 0 fully saturated rings. The van der Waals surface area contributed by atoms with Gasteiger partial charge in [0.2, 0.25) is 5.88 Å². The Morgan fingerprint density at radius 1 is 1.67 bits per heavy atom. The molecule has 8 nitrogen and oxygen atoms in total. The summed E-state index contributed by atoms with van der Waals surface area (Å²) in [6.07, 6.45) is 1.78. The summed E-state index contributed by atoms with van der Waals surface area (Å²) in [5.74, 6) is -1.81. The Hall–Kier alpha value is -2.38. The van der Waals surface area contributed by atoms with E-state index in [0.29, 0.717) is 9.30 Å². The molecule has 1 aromatic heterocycles. The number of carboxylic acids is 1. The fourth-order valence-corrected chi connectivity index (χ4v) is 0.861. The van der Waals surface area contributed by atoms with E-state index in [1.165, 1.54) is 0 Å². The number of hydrogen-bond donors (Lipinski definition) is 2. The van der Waals surface area contributed by atoms with Crippen molar-refractivity contribution in [1.29, 1.82) is 0 Å². The quantitative estimate of drug-likeness (QED) is 0.369. The molecule has 15 heavy (non-hydrogen) atoms. The molecule has 2 N–H and O–H groups in total. The molecule has 8 heteroatoms. The maximum atomic E-state index is 11.3. The van der Waals surface area contributed by atoms with Crippen LogP contribution in [-0.2, 0) is 16.2 Å².